The van der Waals surface area contributed by atoms with Gasteiger partial charge in [0, 0.05) is 7.11 Å². The Hall–Kier alpha value is -0.770. The lowest BCUT2D eigenvalue weighted by Gasteiger charge is -1.99. The van der Waals surface area contributed by atoms with Crippen molar-refractivity contribution in [2.45, 2.75) is 0 Å². The number of methoxy groups -OCH3 is 2. The molecule has 4 nitrogen and oxygen atoms in total. The van der Waals surface area contributed by atoms with Gasteiger partial charge in [-0.2, -0.15) is 0 Å². The number of ether oxygens (including phenoxy) is 3. The zero-order valence-electron chi connectivity index (χ0n) is 5.55. The molecule has 54 valence electrons. The maximum Gasteiger partial charge on any atom is 0.508 e. The van der Waals surface area contributed by atoms with Crippen molar-refractivity contribution in [2.24, 2.45) is 0 Å². The molecule has 0 aromatic rings. The fraction of sp³-hybridized carbons (Fsp3) is 0.800. The van der Waals surface area contributed by atoms with Gasteiger partial charge in [0.05, 0.1) is 13.7 Å². The molecule has 0 unspecified atom stereocenters. The maximum atomic E-state index is 10.2. The Morgan fingerprint density at radius 1 is 1.33 bits per heavy atom. The summed E-state index contributed by atoms with van der Waals surface area (Å²) in [5, 5.41) is 0. The minimum absolute atomic E-state index is 0.239. The molecule has 0 saturated heterocycles. The van der Waals surface area contributed by atoms with Crippen molar-refractivity contribution in [3.63, 3.8) is 0 Å². The summed E-state index contributed by atoms with van der Waals surface area (Å²) in [6, 6.07) is 0. The molecular weight excluding hydrogens is 124 g/mol. The Bertz CT molecular complexity index is 81.0. The summed E-state index contributed by atoms with van der Waals surface area (Å²) in [4.78, 5) is 10.2. The van der Waals surface area contributed by atoms with Crippen LogP contribution in [0.2, 0.25) is 0 Å². The molecule has 0 aromatic heterocycles. The van der Waals surface area contributed by atoms with Gasteiger partial charge in [-0.05, 0) is 0 Å². The van der Waals surface area contributed by atoms with Crippen LogP contribution in [0, 0.1) is 0 Å². The van der Waals surface area contributed by atoms with Crippen LogP contribution in [0.4, 0.5) is 4.79 Å². The van der Waals surface area contributed by atoms with Crippen LogP contribution in [0.15, 0.2) is 0 Å². The molecule has 0 N–H and O–H groups in total. The van der Waals surface area contributed by atoms with E-state index >= 15 is 0 Å². The maximum absolute atomic E-state index is 10.2. The van der Waals surface area contributed by atoms with Gasteiger partial charge in [0.15, 0.2) is 0 Å². The SMILES string of the molecule is COCCOC(=O)OC. The van der Waals surface area contributed by atoms with Crippen LogP contribution in [0.5, 0.6) is 0 Å². The molecular formula is C5H10O4. The van der Waals surface area contributed by atoms with Gasteiger partial charge >= 0.3 is 6.16 Å². The highest BCUT2D eigenvalue weighted by Gasteiger charge is 1.96. The van der Waals surface area contributed by atoms with Crippen LogP contribution in [0.1, 0.15) is 0 Å². The Labute approximate surface area is 53.7 Å². The van der Waals surface area contributed by atoms with Gasteiger partial charge < -0.3 is 14.2 Å². The third kappa shape index (κ3) is 5.10. The standard InChI is InChI=1S/C5H10O4/c1-7-3-4-9-5(6)8-2/h3-4H2,1-2H3. The molecule has 0 fully saturated rings. The summed E-state index contributed by atoms with van der Waals surface area (Å²) in [6.45, 7) is 0.637. The van der Waals surface area contributed by atoms with Gasteiger partial charge in [0.1, 0.15) is 6.61 Å². The van der Waals surface area contributed by atoms with Crippen molar-refractivity contribution in [2.75, 3.05) is 27.4 Å². The second kappa shape index (κ2) is 5.37. The predicted molar refractivity (Wildman–Crippen MR) is 30.2 cm³/mol. The summed E-state index contributed by atoms with van der Waals surface area (Å²) in [5.41, 5.74) is 0. The second-order valence-electron chi connectivity index (χ2n) is 1.30. The molecule has 0 atom stereocenters. The first-order valence-electron chi connectivity index (χ1n) is 2.51. The zero-order chi connectivity index (χ0) is 7.11. The molecule has 4 heteroatoms. The molecule has 0 aliphatic carbocycles. The topological polar surface area (TPSA) is 44.8 Å². The van der Waals surface area contributed by atoms with E-state index in [4.69, 9.17) is 0 Å². The van der Waals surface area contributed by atoms with Crippen LogP contribution < -0.4 is 0 Å². The van der Waals surface area contributed by atoms with Gasteiger partial charge in [-0.3, -0.25) is 0 Å². The smallest absolute Gasteiger partial charge is 0.438 e. The fourth-order valence-electron chi connectivity index (χ4n) is 0.267. The number of hydrogen-bond acceptors (Lipinski definition) is 4. The Morgan fingerprint density at radius 2 is 2.00 bits per heavy atom. The predicted octanol–water partition coefficient (Wildman–Crippen LogP) is 0.416. The quantitative estimate of drug-likeness (QED) is 0.414. The van der Waals surface area contributed by atoms with E-state index in [1.54, 1.807) is 0 Å². The van der Waals surface area contributed by atoms with E-state index in [9.17, 15) is 4.79 Å². The van der Waals surface area contributed by atoms with E-state index in [1.165, 1.54) is 14.2 Å². The molecule has 0 aliphatic heterocycles. The highest BCUT2D eigenvalue weighted by atomic mass is 16.7. The molecule has 0 heterocycles. The van der Waals surface area contributed by atoms with E-state index in [1.807, 2.05) is 0 Å². The molecule has 0 spiro atoms. The van der Waals surface area contributed by atoms with Crippen molar-refractivity contribution in [1.82, 2.24) is 0 Å². The van der Waals surface area contributed by atoms with Crippen LogP contribution in [0.3, 0.4) is 0 Å². The third-order valence-electron chi connectivity index (χ3n) is 0.674. The molecule has 0 saturated carbocycles. The highest BCUT2D eigenvalue weighted by Crippen LogP contribution is 1.80. The highest BCUT2D eigenvalue weighted by molar-refractivity contribution is 5.59. The van der Waals surface area contributed by atoms with Crippen molar-refractivity contribution in [3.05, 3.63) is 0 Å². The van der Waals surface area contributed by atoms with E-state index in [-0.39, 0.29) is 6.61 Å². The van der Waals surface area contributed by atoms with Crippen LogP contribution in [0.25, 0.3) is 0 Å². The average Bonchev–Trinajstić information content (AvgIpc) is 1.89. The van der Waals surface area contributed by atoms with Crippen molar-refractivity contribution >= 4 is 6.16 Å². The van der Waals surface area contributed by atoms with E-state index in [0.29, 0.717) is 6.61 Å². The van der Waals surface area contributed by atoms with E-state index in [0.717, 1.165) is 0 Å². The molecule has 0 aliphatic rings. The lowest BCUT2D eigenvalue weighted by atomic mass is 10.8. The summed E-state index contributed by atoms with van der Waals surface area (Å²) >= 11 is 0. The molecule has 0 radical (unpaired) electrons. The molecule has 0 rings (SSSR count). The summed E-state index contributed by atoms with van der Waals surface area (Å²) in [5.74, 6) is 0. The first-order valence-corrected chi connectivity index (χ1v) is 2.51. The summed E-state index contributed by atoms with van der Waals surface area (Å²) < 4.78 is 13.2. The van der Waals surface area contributed by atoms with E-state index < -0.39 is 6.16 Å². The van der Waals surface area contributed by atoms with Gasteiger partial charge in [-0.1, -0.05) is 0 Å². The number of rotatable bonds is 3. The third-order valence-corrected chi connectivity index (χ3v) is 0.674. The monoisotopic (exact) mass is 134 g/mol. The van der Waals surface area contributed by atoms with Crippen LogP contribution in [-0.4, -0.2) is 33.6 Å². The largest absolute Gasteiger partial charge is 0.508 e. The minimum Gasteiger partial charge on any atom is -0.438 e. The van der Waals surface area contributed by atoms with Gasteiger partial charge in [0.25, 0.3) is 0 Å². The van der Waals surface area contributed by atoms with Crippen LogP contribution >= 0.6 is 0 Å². The average molecular weight is 134 g/mol. The lowest BCUT2D eigenvalue weighted by molar-refractivity contribution is 0.0496. The Morgan fingerprint density at radius 3 is 2.44 bits per heavy atom. The van der Waals surface area contributed by atoms with Crippen molar-refractivity contribution in [3.8, 4) is 0 Å². The van der Waals surface area contributed by atoms with Gasteiger partial charge in [-0.25, -0.2) is 4.79 Å². The molecule has 0 aromatic carbocycles. The minimum atomic E-state index is -0.674. The Balaban J connectivity index is 2.97. The molecule has 0 amide bonds. The number of carbonyl (C=O) groups excluding carboxylic acids is 1. The normalized spacial score (nSPS) is 8.67. The van der Waals surface area contributed by atoms with Crippen LogP contribution in [-0.2, 0) is 14.2 Å². The van der Waals surface area contributed by atoms with Gasteiger partial charge in [0.2, 0.25) is 0 Å². The second-order valence-corrected chi connectivity index (χ2v) is 1.30. The van der Waals surface area contributed by atoms with E-state index in [2.05, 4.69) is 14.2 Å². The first-order chi connectivity index (χ1) is 4.31. The lowest BCUT2D eigenvalue weighted by Crippen LogP contribution is -2.08. The zero-order valence-corrected chi connectivity index (χ0v) is 5.55. The Kier molecular flexibility index (Phi) is 4.91. The van der Waals surface area contributed by atoms with Crippen molar-refractivity contribution < 1.29 is 19.0 Å². The molecule has 9 heavy (non-hydrogen) atoms. The first kappa shape index (κ1) is 8.23. The van der Waals surface area contributed by atoms with Gasteiger partial charge in [-0.15, -0.1) is 0 Å². The number of carbonyl (C=O) groups is 1. The number of hydrogen-bond donors (Lipinski definition) is 0. The summed E-state index contributed by atoms with van der Waals surface area (Å²) in [6.07, 6.45) is -0.674. The fourth-order valence-corrected chi connectivity index (χ4v) is 0.267. The molecule has 0 bridgehead atoms. The van der Waals surface area contributed by atoms with Crippen molar-refractivity contribution in [1.29, 1.82) is 0 Å². The summed E-state index contributed by atoms with van der Waals surface area (Å²) in [7, 11) is 2.79.